The summed E-state index contributed by atoms with van der Waals surface area (Å²) in [7, 11) is 0. The van der Waals surface area contributed by atoms with Gasteiger partial charge in [0.1, 0.15) is 12.4 Å². The van der Waals surface area contributed by atoms with Gasteiger partial charge in [-0.1, -0.05) is 6.92 Å². The van der Waals surface area contributed by atoms with Crippen LogP contribution in [0.2, 0.25) is 0 Å². The van der Waals surface area contributed by atoms with Crippen molar-refractivity contribution in [2.75, 3.05) is 13.2 Å². The number of Topliss-reactive ketones (excluding diaryl/α,β-unsaturated/α-hetero) is 1. The molecule has 0 saturated heterocycles. The first-order valence-corrected chi connectivity index (χ1v) is 5.79. The second kappa shape index (κ2) is 6.78. The normalized spacial score (nSPS) is 12.3. The van der Waals surface area contributed by atoms with Crippen LogP contribution in [-0.4, -0.2) is 31.1 Å². The van der Waals surface area contributed by atoms with Gasteiger partial charge in [0.25, 0.3) is 0 Å². The Balaban J connectivity index is 3.94. The molecule has 0 atom stereocenters. The molecule has 0 amide bonds. The number of carbonyl (C=O) groups excluding carboxylic acids is 2. The number of alkyl halides is 2. The number of esters is 1. The molecule has 0 unspecified atom stereocenters. The molecule has 0 aromatic rings. The van der Waals surface area contributed by atoms with Gasteiger partial charge in [-0.2, -0.15) is 8.78 Å². The van der Waals surface area contributed by atoms with Gasteiger partial charge in [-0.15, -0.1) is 0 Å². The van der Waals surface area contributed by atoms with E-state index in [1.807, 2.05) is 6.92 Å². The number of rotatable bonds is 8. The van der Waals surface area contributed by atoms with Gasteiger partial charge in [0, 0.05) is 0 Å². The van der Waals surface area contributed by atoms with E-state index in [1.54, 1.807) is 13.8 Å². The molecule has 0 aliphatic carbocycles. The maximum absolute atomic E-state index is 12.9. The summed E-state index contributed by atoms with van der Waals surface area (Å²) in [4.78, 5) is 22.0. The summed E-state index contributed by atoms with van der Waals surface area (Å²) in [5, 5.41) is 0. The Morgan fingerprint density at radius 2 is 1.72 bits per heavy atom. The van der Waals surface area contributed by atoms with Crippen molar-refractivity contribution < 1.29 is 27.8 Å². The Labute approximate surface area is 106 Å². The van der Waals surface area contributed by atoms with E-state index in [2.05, 4.69) is 4.74 Å². The molecular formula is C12H20F2O4. The largest absolute Gasteiger partial charge is 0.463 e. The first-order chi connectivity index (χ1) is 8.10. The maximum atomic E-state index is 12.9. The predicted molar refractivity (Wildman–Crippen MR) is 61.2 cm³/mol. The van der Waals surface area contributed by atoms with Crippen LogP contribution in [0.25, 0.3) is 0 Å². The molecule has 0 N–H and O–H groups in total. The highest BCUT2D eigenvalue weighted by molar-refractivity contribution is 5.76. The summed E-state index contributed by atoms with van der Waals surface area (Å²) < 4.78 is 34.9. The summed E-state index contributed by atoms with van der Waals surface area (Å²) in [5.41, 5.74) is -0.637. The smallest absolute Gasteiger partial charge is 0.362 e. The van der Waals surface area contributed by atoms with E-state index < -0.39 is 36.3 Å². The molecule has 18 heavy (non-hydrogen) atoms. The van der Waals surface area contributed by atoms with Crippen LogP contribution in [0.5, 0.6) is 0 Å². The van der Waals surface area contributed by atoms with Gasteiger partial charge in [-0.05, 0) is 27.2 Å². The molecule has 0 saturated carbocycles. The zero-order chi connectivity index (χ0) is 14.4. The fourth-order valence-electron chi connectivity index (χ4n) is 1.01. The van der Waals surface area contributed by atoms with E-state index in [0.29, 0.717) is 6.42 Å². The average Bonchev–Trinajstić information content (AvgIpc) is 2.22. The summed E-state index contributed by atoms with van der Waals surface area (Å²) >= 11 is 0. The Hall–Kier alpha value is -1.04. The number of ketones is 1. The fourth-order valence-corrected chi connectivity index (χ4v) is 1.01. The minimum Gasteiger partial charge on any atom is -0.463 e. The molecule has 0 aliphatic rings. The van der Waals surface area contributed by atoms with Crippen molar-refractivity contribution in [1.29, 1.82) is 0 Å². The highest BCUT2D eigenvalue weighted by Gasteiger charge is 2.32. The quantitative estimate of drug-likeness (QED) is 0.500. The highest BCUT2D eigenvalue weighted by atomic mass is 19.3. The molecule has 0 fully saturated rings. The lowest BCUT2D eigenvalue weighted by Crippen LogP contribution is -2.29. The number of halogens is 2. The zero-order valence-electron chi connectivity index (χ0n) is 11.2. The topological polar surface area (TPSA) is 52.6 Å². The molecular weight excluding hydrogens is 246 g/mol. The van der Waals surface area contributed by atoms with Gasteiger partial charge in [0.05, 0.1) is 18.4 Å². The Morgan fingerprint density at radius 3 is 2.17 bits per heavy atom. The summed E-state index contributed by atoms with van der Waals surface area (Å²) in [6.45, 7) is 5.61. The van der Waals surface area contributed by atoms with Crippen LogP contribution in [0.3, 0.4) is 0 Å². The molecule has 0 spiro atoms. The van der Waals surface area contributed by atoms with Gasteiger partial charge in [0.15, 0.2) is 0 Å². The van der Waals surface area contributed by atoms with E-state index in [9.17, 15) is 18.4 Å². The second-order valence-corrected chi connectivity index (χ2v) is 4.74. The number of ether oxygens (including phenoxy) is 2. The first kappa shape index (κ1) is 17.0. The van der Waals surface area contributed by atoms with E-state index in [0.717, 1.165) is 6.92 Å². The molecule has 0 aliphatic heterocycles. The van der Waals surface area contributed by atoms with E-state index in [-0.39, 0.29) is 6.61 Å². The molecule has 0 radical (unpaired) electrons. The predicted octanol–water partition coefficient (Wildman–Crippen LogP) is 2.55. The SMILES string of the molecule is CCC(C)(C)C(=O)OCCOC(F)(F)CC(C)=O. The minimum absolute atomic E-state index is 0.254. The van der Waals surface area contributed by atoms with Crippen molar-refractivity contribution in [3.05, 3.63) is 0 Å². The van der Waals surface area contributed by atoms with Crippen LogP contribution < -0.4 is 0 Å². The molecule has 4 nitrogen and oxygen atoms in total. The molecule has 0 heterocycles. The van der Waals surface area contributed by atoms with Crippen molar-refractivity contribution >= 4 is 11.8 Å². The Kier molecular flexibility index (Phi) is 6.38. The molecule has 0 rings (SSSR count). The van der Waals surface area contributed by atoms with Gasteiger partial charge < -0.3 is 9.47 Å². The molecule has 0 bridgehead atoms. The van der Waals surface area contributed by atoms with E-state index in [1.165, 1.54) is 0 Å². The van der Waals surface area contributed by atoms with E-state index >= 15 is 0 Å². The third-order valence-corrected chi connectivity index (χ3v) is 2.52. The Morgan fingerprint density at radius 1 is 1.17 bits per heavy atom. The van der Waals surface area contributed by atoms with Crippen LogP contribution in [0, 0.1) is 5.41 Å². The summed E-state index contributed by atoms with van der Waals surface area (Å²) in [5.74, 6) is -1.12. The van der Waals surface area contributed by atoms with Crippen LogP contribution >= 0.6 is 0 Å². The standard InChI is InChI=1S/C12H20F2O4/c1-5-11(3,4)10(16)17-6-7-18-12(13,14)8-9(2)15/h5-8H2,1-4H3. The Bertz CT molecular complexity index is 300. The average molecular weight is 266 g/mol. The lowest BCUT2D eigenvalue weighted by atomic mass is 9.91. The number of hydrogen-bond donors (Lipinski definition) is 0. The molecule has 6 heteroatoms. The fraction of sp³-hybridized carbons (Fsp3) is 0.833. The third-order valence-electron chi connectivity index (χ3n) is 2.52. The van der Waals surface area contributed by atoms with Crippen LogP contribution in [0.1, 0.15) is 40.5 Å². The van der Waals surface area contributed by atoms with Crippen molar-refractivity contribution in [2.24, 2.45) is 5.41 Å². The number of carbonyl (C=O) groups is 2. The van der Waals surface area contributed by atoms with Gasteiger partial charge >= 0.3 is 12.1 Å². The van der Waals surface area contributed by atoms with Crippen molar-refractivity contribution in [3.8, 4) is 0 Å². The van der Waals surface area contributed by atoms with Gasteiger partial charge in [-0.25, -0.2) is 0 Å². The van der Waals surface area contributed by atoms with Crippen LogP contribution in [-0.2, 0) is 19.1 Å². The highest BCUT2D eigenvalue weighted by Crippen LogP contribution is 2.22. The molecule has 0 aromatic carbocycles. The zero-order valence-corrected chi connectivity index (χ0v) is 11.2. The summed E-state index contributed by atoms with van der Waals surface area (Å²) in [6, 6.07) is 0. The molecule has 106 valence electrons. The maximum Gasteiger partial charge on any atom is 0.362 e. The van der Waals surface area contributed by atoms with Crippen molar-refractivity contribution in [3.63, 3.8) is 0 Å². The lowest BCUT2D eigenvalue weighted by molar-refractivity contribution is -0.243. The van der Waals surface area contributed by atoms with Crippen molar-refractivity contribution in [1.82, 2.24) is 0 Å². The van der Waals surface area contributed by atoms with E-state index in [4.69, 9.17) is 4.74 Å². The monoisotopic (exact) mass is 266 g/mol. The third kappa shape index (κ3) is 6.64. The van der Waals surface area contributed by atoms with Crippen LogP contribution in [0.15, 0.2) is 0 Å². The van der Waals surface area contributed by atoms with Gasteiger partial charge in [0.2, 0.25) is 0 Å². The number of hydrogen-bond acceptors (Lipinski definition) is 4. The van der Waals surface area contributed by atoms with Gasteiger partial charge in [-0.3, -0.25) is 9.59 Å². The van der Waals surface area contributed by atoms with Crippen molar-refractivity contribution in [2.45, 2.75) is 46.6 Å². The summed E-state index contributed by atoms with van der Waals surface area (Å²) in [6.07, 6.45) is -3.88. The van der Waals surface area contributed by atoms with Crippen LogP contribution in [0.4, 0.5) is 8.78 Å². The first-order valence-electron chi connectivity index (χ1n) is 5.79. The second-order valence-electron chi connectivity index (χ2n) is 4.74. The molecule has 0 aromatic heterocycles. The lowest BCUT2D eigenvalue weighted by Gasteiger charge is -2.21. The minimum atomic E-state index is -3.50.